The number of ether oxygens (including phenoxy) is 6. The number of nitrogens with one attached hydrogen (secondary N) is 2. The van der Waals surface area contributed by atoms with Crippen LogP contribution >= 0.6 is 0 Å². The third kappa shape index (κ3) is 16.0. The highest BCUT2D eigenvalue weighted by molar-refractivity contribution is 6.45. The van der Waals surface area contributed by atoms with Crippen molar-refractivity contribution in [2.75, 3.05) is 26.3 Å². The summed E-state index contributed by atoms with van der Waals surface area (Å²) in [6.45, 7) is 20.0. The van der Waals surface area contributed by atoms with Gasteiger partial charge in [-0.25, -0.2) is 9.59 Å². The van der Waals surface area contributed by atoms with E-state index in [9.17, 15) is 9.59 Å². The number of hydrogen-bond donors (Lipinski definition) is 2. The molecule has 13 aromatic carbocycles. The Morgan fingerprint density at radius 3 is 0.898 bits per heavy atom. The minimum absolute atomic E-state index is 0.00507. The molecule has 594 valence electrons. The zero-order chi connectivity index (χ0) is 82.7. The molecule has 2 N–H and O–H groups in total. The van der Waals surface area contributed by atoms with Crippen LogP contribution in [0.5, 0.6) is 46.0 Å². The summed E-state index contributed by atoms with van der Waals surface area (Å²) in [4.78, 5) is 124. The van der Waals surface area contributed by atoms with Crippen LogP contribution in [0.4, 0.5) is 0 Å². The van der Waals surface area contributed by atoms with E-state index in [1.54, 1.807) is 69.3 Å². The zero-order valence-corrected chi connectivity index (χ0v) is 67.4. The Morgan fingerprint density at radius 2 is 0.636 bits per heavy atom. The van der Waals surface area contributed by atoms with Crippen LogP contribution in [0.25, 0.3) is 87.6 Å². The first-order valence-electron chi connectivity index (χ1n) is 40.1. The molecule has 18 heteroatoms. The molecule has 0 bridgehead atoms. The maximum absolute atomic E-state index is 16.7. The fraction of sp³-hybridized carbons (Fsp3) is 0.220. The van der Waals surface area contributed by atoms with E-state index in [2.05, 4.69) is 41.5 Å². The summed E-state index contributed by atoms with van der Waals surface area (Å²) in [5, 5.41) is 7.11. The van der Waals surface area contributed by atoms with E-state index in [1.807, 2.05) is 187 Å². The van der Waals surface area contributed by atoms with Gasteiger partial charge in [-0.2, -0.15) is 0 Å². The Labute approximate surface area is 684 Å². The molecule has 0 fully saturated rings. The fourth-order valence-electron chi connectivity index (χ4n) is 15.9. The van der Waals surface area contributed by atoms with Crippen LogP contribution in [-0.2, 0) is 28.7 Å². The van der Waals surface area contributed by atoms with Crippen LogP contribution in [0.1, 0.15) is 137 Å². The van der Waals surface area contributed by atoms with Gasteiger partial charge in [0.25, 0.3) is 23.6 Å². The zero-order valence-electron chi connectivity index (χ0n) is 67.4. The molecule has 2 unspecified atom stereocenters. The Hall–Kier alpha value is -13.7. The smallest absolute Gasteiger partial charge is 0.329 e. The largest absolute Gasteiger partial charge is 0.462 e. The number of fused-ring (bicyclic) bond motifs is 2. The van der Waals surface area contributed by atoms with Gasteiger partial charge in [-0.05, 0) is 165 Å². The quantitative estimate of drug-likeness (QED) is 0.0107. The molecular weight excluding hydrogens is 1480 g/mol. The van der Waals surface area contributed by atoms with Crippen LogP contribution < -0.4 is 29.6 Å². The average molecular weight is 1570 g/mol. The van der Waals surface area contributed by atoms with Crippen molar-refractivity contribution in [1.29, 1.82) is 0 Å². The van der Waals surface area contributed by atoms with Gasteiger partial charge in [0.05, 0.1) is 35.3 Å². The lowest BCUT2D eigenvalue weighted by Gasteiger charge is -2.35. The third-order valence-corrected chi connectivity index (χ3v) is 21.6. The van der Waals surface area contributed by atoms with Crippen LogP contribution in [0.15, 0.2) is 231 Å². The van der Waals surface area contributed by atoms with Gasteiger partial charge in [-0.3, -0.25) is 38.6 Å². The number of carbonyl (C=O) groups excluding carboxylic acids is 8. The van der Waals surface area contributed by atoms with Gasteiger partial charge in [0.15, 0.2) is 0 Å². The molecule has 2 atom stereocenters. The maximum Gasteiger partial charge on any atom is 0.329 e. The maximum atomic E-state index is 16.7. The number of rotatable bonds is 30. The van der Waals surface area contributed by atoms with Crippen molar-refractivity contribution >= 4 is 90.5 Å². The molecular formula is C100H90N4O14. The first-order valence-corrected chi connectivity index (χ1v) is 40.1. The normalized spacial score (nSPS) is 13.0. The predicted octanol–water partition coefficient (Wildman–Crippen LogP) is 21.7. The Morgan fingerprint density at radius 1 is 0.364 bits per heavy atom. The number of aryl methyl sites for hydroxylation is 4. The molecule has 13 aromatic rings. The number of imide groups is 2. The van der Waals surface area contributed by atoms with Gasteiger partial charge in [0.1, 0.15) is 71.3 Å². The highest BCUT2D eigenvalue weighted by Gasteiger charge is 2.47. The molecule has 6 amide bonds. The second kappa shape index (κ2) is 34.0. The number of hydrogen-bond acceptors (Lipinski definition) is 14. The lowest BCUT2D eigenvalue weighted by atomic mass is 9.80. The van der Waals surface area contributed by atoms with Gasteiger partial charge in [-0.1, -0.05) is 228 Å². The molecule has 15 rings (SSSR count). The van der Waals surface area contributed by atoms with E-state index >= 15 is 28.8 Å². The minimum atomic E-state index is -1.50. The van der Waals surface area contributed by atoms with E-state index in [-0.39, 0.29) is 145 Å². The van der Waals surface area contributed by atoms with Crippen molar-refractivity contribution in [3.63, 3.8) is 0 Å². The topological polar surface area (TPSA) is 222 Å². The second-order valence-electron chi connectivity index (χ2n) is 30.8. The third-order valence-electron chi connectivity index (χ3n) is 21.6. The number of amides is 6. The summed E-state index contributed by atoms with van der Waals surface area (Å²) in [6, 6.07) is 65.3. The van der Waals surface area contributed by atoms with E-state index in [4.69, 9.17) is 28.4 Å². The Balaban J connectivity index is 1.09. The van der Waals surface area contributed by atoms with Crippen molar-refractivity contribution in [2.24, 2.45) is 5.92 Å². The van der Waals surface area contributed by atoms with Crippen molar-refractivity contribution in [3.8, 4) is 90.5 Å². The highest BCUT2D eigenvalue weighted by atomic mass is 16.5. The van der Waals surface area contributed by atoms with Crippen molar-refractivity contribution in [1.82, 2.24) is 20.4 Å². The molecule has 18 nitrogen and oxygen atoms in total. The van der Waals surface area contributed by atoms with Crippen LogP contribution in [0, 0.1) is 33.6 Å². The molecule has 2 aliphatic rings. The van der Waals surface area contributed by atoms with Gasteiger partial charge in [0.2, 0.25) is 11.8 Å². The molecule has 0 radical (unpaired) electrons. The average Bonchev–Trinajstić information content (AvgIpc) is 0.669. The Kier molecular flexibility index (Phi) is 22.9. The number of carbonyl (C=O) groups is 8. The van der Waals surface area contributed by atoms with Crippen molar-refractivity contribution < 1.29 is 66.8 Å². The van der Waals surface area contributed by atoms with Crippen LogP contribution in [0.2, 0.25) is 0 Å². The van der Waals surface area contributed by atoms with Gasteiger partial charge < -0.3 is 39.1 Å². The number of esters is 2. The second-order valence-corrected chi connectivity index (χ2v) is 30.8. The standard InChI is InChI=1S/C100H90N4O14/c1-11-13-39-79(99(111)113-43-41-101-93(105)57(3)4)103-95(107)75-53-81(115-71-35-19-31-67(49-71)63-27-15-23-59(7)45-63)87-89-83(117-73-37-21-33-69(51-73)65-29-17-25-61(9)47-65)55-77-86-78(98(110)104(97(77)109)80(40-14-12-2)100(112)114-44-42-102-94(106)58(5)6)56-84(118-74-38-22-34-70(52-74)66-30-18-26-62(10)48-66)90(92(86)89)88-82(54-76(96(103)108)85(75)91(87)88)116-72-36-20-32-68(50-72)64-28-16-24-60(8)46-64/h15-38,45-56,58,79-80H,3,11-14,39-44H2,1-2,4-10H3,(H,101,105)(H,102,106). The highest BCUT2D eigenvalue weighted by Crippen LogP contribution is 2.59. The van der Waals surface area contributed by atoms with Crippen molar-refractivity contribution in [2.45, 2.75) is 113 Å². The molecule has 0 saturated carbocycles. The summed E-state index contributed by atoms with van der Waals surface area (Å²) >= 11 is 0. The molecule has 2 aliphatic heterocycles. The fourth-order valence-corrected chi connectivity index (χ4v) is 15.9. The molecule has 0 aliphatic carbocycles. The summed E-state index contributed by atoms with van der Waals surface area (Å²) < 4.78 is 42.0. The van der Waals surface area contributed by atoms with E-state index in [0.717, 1.165) is 76.6 Å². The number of unbranched alkanes of at least 4 members (excludes halogenated alkanes) is 2. The SMILES string of the molecule is C=C(C)C(=O)NCCOC(=O)C(CCCC)N1C(=O)c2cc(Oc3cccc(-c4cccc(C)c4)c3)c3c4c(Oc5cccc(-c6cccc(C)c6)c5)cc5c6c(cc(Oc7cccc(-c8cccc(C)c8)c7)c(c7c(Oc8cccc(-c9cccc(C)c9)c8)cc(c2c37)C1=O)c64)C(=O)N(C(CCCC)C(=O)OCCNC(=O)C(C)C)C5=O. The van der Waals surface area contributed by atoms with Gasteiger partial charge in [0, 0.05) is 54.6 Å². The number of nitrogens with zero attached hydrogens (tertiary/aromatic N) is 2. The Bertz CT molecular complexity index is 5650. The minimum Gasteiger partial charge on any atom is -0.462 e. The summed E-state index contributed by atoms with van der Waals surface area (Å²) in [5.41, 5.74) is 10.7. The van der Waals surface area contributed by atoms with Crippen LogP contribution in [-0.4, -0.2) is 95.6 Å². The van der Waals surface area contributed by atoms with E-state index < -0.39 is 53.6 Å². The lowest BCUT2D eigenvalue weighted by Crippen LogP contribution is -2.51. The van der Waals surface area contributed by atoms with Crippen LogP contribution in [0.3, 0.4) is 0 Å². The van der Waals surface area contributed by atoms with E-state index in [0.29, 0.717) is 48.7 Å². The predicted molar refractivity (Wildman–Crippen MR) is 460 cm³/mol. The lowest BCUT2D eigenvalue weighted by molar-refractivity contribution is -0.149. The molecule has 0 aromatic heterocycles. The van der Waals surface area contributed by atoms with Crippen molar-refractivity contribution in [3.05, 3.63) is 275 Å². The molecule has 0 saturated heterocycles. The summed E-state index contributed by atoms with van der Waals surface area (Å²) in [7, 11) is 0. The first kappa shape index (κ1) is 79.5. The monoisotopic (exact) mass is 1570 g/mol. The summed E-state index contributed by atoms with van der Waals surface area (Å²) in [6.07, 6.45) is 1.90. The molecule has 0 spiro atoms. The molecule has 2 heterocycles. The van der Waals surface area contributed by atoms with E-state index in [1.165, 1.54) is 0 Å². The number of benzene rings is 13. The van der Waals surface area contributed by atoms with Gasteiger partial charge >= 0.3 is 11.9 Å². The molecule has 118 heavy (non-hydrogen) atoms. The van der Waals surface area contributed by atoms with Gasteiger partial charge in [-0.15, -0.1) is 0 Å². The first-order chi connectivity index (χ1) is 57.0. The summed E-state index contributed by atoms with van der Waals surface area (Å²) in [5.74, 6) is -4.92.